The molecule has 0 unspecified atom stereocenters. The minimum Gasteiger partial charge on any atom is -0.457 e. The average molecular weight is 283 g/mol. The van der Waals surface area contributed by atoms with E-state index in [1.807, 2.05) is 32.9 Å². The average Bonchev–Trinajstić information content (AvgIpc) is 2.76. The van der Waals surface area contributed by atoms with Gasteiger partial charge in [-0.3, -0.25) is 0 Å². The number of allylic oxidation sites excluding steroid dienone is 1. The van der Waals surface area contributed by atoms with Gasteiger partial charge in [0.05, 0.1) is 0 Å². The van der Waals surface area contributed by atoms with Crippen LogP contribution in [-0.2, 0) is 16.0 Å². The number of carbonyl (C=O) groups is 1. The highest BCUT2D eigenvalue weighted by molar-refractivity contribution is 5.93. The molecule has 21 heavy (non-hydrogen) atoms. The molecule has 2 heterocycles. The van der Waals surface area contributed by atoms with Crippen LogP contribution in [0, 0.1) is 0 Å². The molecule has 0 aromatic carbocycles. The van der Waals surface area contributed by atoms with E-state index in [0.29, 0.717) is 0 Å². The summed E-state index contributed by atoms with van der Waals surface area (Å²) in [5.41, 5.74) is 4.32. The van der Waals surface area contributed by atoms with Crippen molar-refractivity contribution in [3.05, 3.63) is 47.8 Å². The van der Waals surface area contributed by atoms with Crippen LogP contribution in [0.4, 0.5) is 0 Å². The van der Waals surface area contributed by atoms with E-state index < -0.39 is 5.60 Å². The Bertz CT molecular complexity index is 716. The largest absolute Gasteiger partial charge is 0.457 e. The summed E-state index contributed by atoms with van der Waals surface area (Å²) in [6.45, 7) is 5.67. The van der Waals surface area contributed by atoms with Crippen LogP contribution < -0.4 is 0 Å². The van der Waals surface area contributed by atoms with Gasteiger partial charge in [0.2, 0.25) is 0 Å². The second-order valence-electron chi connectivity index (χ2n) is 6.56. The van der Waals surface area contributed by atoms with Crippen molar-refractivity contribution >= 4 is 17.1 Å². The molecule has 110 valence electrons. The smallest absolute Gasteiger partial charge is 0.331 e. The third kappa shape index (κ3) is 2.87. The molecule has 3 rings (SSSR count). The highest BCUT2D eigenvalue weighted by Crippen LogP contribution is 2.33. The lowest BCUT2D eigenvalue weighted by molar-refractivity contribution is -0.148. The Hall–Kier alpha value is -2.03. The molecule has 0 amide bonds. The third-order valence-electron chi connectivity index (χ3n) is 3.69. The number of fused-ring (bicyclic) bond motifs is 3. The van der Waals surface area contributed by atoms with E-state index >= 15 is 0 Å². The SMILES string of the molecule is CC(C)(C)OC(=O)C=C1CCCc2c1cc1ccccn21. The van der Waals surface area contributed by atoms with Crippen molar-refractivity contribution in [2.24, 2.45) is 0 Å². The first-order valence-electron chi connectivity index (χ1n) is 7.47. The summed E-state index contributed by atoms with van der Waals surface area (Å²) in [4.78, 5) is 12.0. The summed E-state index contributed by atoms with van der Waals surface area (Å²) in [5, 5.41) is 0. The Labute approximate surface area is 125 Å². The molecule has 0 aliphatic heterocycles. The van der Waals surface area contributed by atoms with Crippen LogP contribution in [0.15, 0.2) is 36.5 Å². The first-order valence-corrected chi connectivity index (χ1v) is 7.47. The first-order chi connectivity index (χ1) is 9.94. The number of aryl methyl sites for hydroxylation is 1. The lowest BCUT2D eigenvalue weighted by atomic mass is 9.92. The molecule has 0 fully saturated rings. The number of pyridine rings is 1. The molecule has 2 aromatic heterocycles. The van der Waals surface area contributed by atoms with Crippen molar-refractivity contribution in [1.82, 2.24) is 4.40 Å². The fraction of sp³-hybridized carbons (Fsp3) is 0.389. The number of ether oxygens (including phenoxy) is 1. The molecule has 0 N–H and O–H groups in total. The molecule has 3 heteroatoms. The molecule has 0 saturated carbocycles. The van der Waals surface area contributed by atoms with E-state index in [1.165, 1.54) is 16.8 Å². The van der Waals surface area contributed by atoms with Gasteiger partial charge in [0.1, 0.15) is 5.60 Å². The fourth-order valence-electron chi connectivity index (χ4n) is 2.92. The van der Waals surface area contributed by atoms with Crippen molar-refractivity contribution in [1.29, 1.82) is 0 Å². The summed E-state index contributed by atoms with van der Waals surface area (Å²) in [6, 6.07) is 8.35. The molecule has 3 nitrogen and oxygen atoms in total. The predicted molar refractivity (Wildman–Crippen MR) is 84.2 cm³/mol. The Kier molecular flexibility index (Phi) is 3.36. The van der Waals surface area contributed by atoms with Gasteiger partial charge in [-0.1, -0.05) is 6.07 Å². The lowest BCUT2D eigenvalue weighted by Crippen LogP contribution is -2.22. The summed E-state index contributed by atoms with van der Waals surface area (Å²) < 4.78 is 7.63. The molecule has 0 atom stereocenters. The quantitative estimate of drug-likeness (QED) is 0.585. The van der Waals surface area contributed by atoms with Gasteiger partial charge in [-0.2, -0.15) is 0 Å². The second kappa shape index (κ2) is 5.06. The second-order valence-corrected chi connectivity index (χ2v) is 6.56. The molecular formula is C18H21NO2. The van der Waals surface area contributed by atoms with Gasteiger partial charge in [0.25, 0.3) is 0 Å². The molecular weight excluding hydrogens is 262 g/mol. The molecule has 0 spiro atoms. The Morgan fingerprint density at radius 1 is 1.29 bits per heavy atom. The van der Waals surface area contributed by atoms with E-state index in [0.717, 1.165) is 24.8 Å². The summed E-state index contributed by atoms with van der Waals surface area (Å²) in [5.74, 6) is -0.249. The Balaban J connectivity index is 1.99. The number of nitrogens with zero attached hydrogens (tertiary/aromatic N) is 1. The molecule has 0 saturated heterocycles. The summed E-state index contributed by atoms with van der Waals surface area (Å²) in [7, 11) is 0. The number of rotatable bonds is 1. The minimum absolute atomic E-state index is 0.249. The van der Waals surface area contributed by atoms with Gasteiger partial charge in [-0.15, -0.1) is 0 Å². The van der Waals surface area contributed by atoms with Gasteiger partial charge < -0.3 is 9.14 Å². The summed E-state index contributed by atoms with van der Waals surface area (Å²) in [6.07, 6.45) is 6.82. The Morgan fingerprint density at radius 2 is 2.10 bits per heavy atom. The monoisotopic (exact) mass is 283 g/mol. The van der Waals surface area contributed by atoms with Crippen LogP contribution in [0.3, 0.4) is 0 Å². The molecule has 2 aromatic rings. The maximum Gasteiger partial charge on any atom is 0.331 e. The van der Waals surface area contributed by atoms with Crippen LogP contribution >= 0.6 is 0 Å². The summed E-state index contributed by atoms with van der Waals surface area (Å²) >= 11 is 0. The van der Waals surface area contributed by atoms with Gasteiger partial charge in [-0.25, -0.2) is 4.79 Å². The van der Waals surface area contributed by atoms with E-state index in [-0.39, 0.29) is 5.97 Å². The first kappa shape index (κ1) is 13.9. The fourth-order valence-corrected chi connectivity index (χ4v) is 2.92. The number of esters is 1. The standard InChI is InChI=1S/C18H21NO2/c1-18(2,3)21-17(20)11-13-7-6-9-16-15(13)12-14-8-4-5-10-19(14)16/h4-5,8,10-12H,6-7,9H2,1-3H3. The van der Waals surface area contributed by atoms with Crippen molar-refractivity contribution in [3.8, 4) is 0 Å². The van der Waals surface area contributed by atoms with Crippen molar-refractivity contribution in [3.63, 3.8) is 0 Å². The van der Waals surface area contributed by atoms with E-state index in [4.69, 9.17) is 4.74 Å². The van der Waals surface area contributed by atoms with Crippen LogP contribution in [0.25, 0.3) is 11.1 Å². The zero-order valence-corrected chi connectivity index (χ0v) is 12.8. The normalized spacial score (nSPS) is 17.0. The Morgan fingerprint density at radius 3 is 2.86 bits per heavy atom. The molecule has 0 bridgehead atoms. The predicted octanol–water partition coefficient (Wildman–Crippen LogP) is 4.00. The maximum absolute atomic E-state index is 12.0. The maximum atomic E-state index is 12.0. The zero-order valence-electron chi connectivity index (χ0n) is 12.8. The topological polar surface area (TPSA) is 30.7 Å². The van der Waals surface area contributed by atoms with Gasteiger partial charge in [0, 0.05) is 23.5 Å². The van der Waals surface area contributed by atoms with Crippen LogP contribution in [0.1, 0.15) is 44.9 Å². The van der Waals surface area contributed by atoms with E-state index in [1.54, 1.807) is 6.08 Å². The van der Waals surface area contributed by atoms with Gasteiger partial charge >= 0.3 is 5.97 Å². The minimum atomic E-state index is -0.447. The van der Waals surface area contributed by atoms with Crippen LogP contribution in [-0.4, -0.2) is 16.0 Å². The van der Waals surface area contributed by atoms with Crippen LogP contribution in [0.2, 0.25) is 0 Å². The van der Waals surface area contributed by atoms with Crippen molar-refractivity contribution in [2.75, 3.05) is 0 Å². The van der Waals surface area contributed by atoms with E-state index in [9.17, 15) is 4.79 Å². The third-order valence-corrected chi connectivity index (χ3v) is 3.69. The number of aromatic nitrogens is 1. The van der Waals surface area contributed by atoms with Gasteiger partial charge in [-0.05, 0) is 69.4 Å². The van der Waals surface area contributed by atoms with E-state index in [2.05, 4.69) is 22.7 Å². The molecule has 0 radical (unpaired) electrons. The molecule has 1 aliphatic carbocycles. The van der Waals surface area contributed by atoms with Crippen LogP contribution in [0.5, 0.6) is 0 Å². The highest BCUT2D eigenvalue weighted by atomic mass is 16.6. The van der Waals surface area contributed by atoms with Gasteiger partial charge in [0.15, 0.2) is 0 Å². The number of carbonyl (C=O) groups excluding carboxylic acids is 1. The zero-order chi connectivity index (χ0) is 15.0. The van der Waals surface area contributed by atoms with Crippen molar-refractivity contribution in [2.45, 2.75) is 45.6 Å². The van der Waals surface area contributed by atoms with Crippen molar-refractivity contribution < 1.29 is 9.53 Å². The lowest BCUT2D eigenvalue weighted by Gasteiger charge is -2.20. The number of hydrogen-bond donors (Lipinski definition) is 0. The molecule has 1 aliphatic rings. The number of hydrogen-bond acceptors (Lipinski definition) is 2. The highest BCUT2D eigenvalue weighted by Gasteiger charge is 2.21.